The second-order valence-electron chi connectivity index (χ2n) is 8.26. The lowest BCUT2D eigenvalue weighted by Crippen LogP contribution is -2.47. The number of hydrogen-bond donors (Lipinski definition) is 0. The van der Waals surface area contributed by atoms with Gasteiger partial charge in [0.05, 0.1) is 29.0 Å². The second-order valence-corrected chi connectivity index (χ2v) is 11.2. The predicted molar refractivity (Wildman–Crippen MR) is 134 cm³/mol. The van der Waals surface area contributed by atoms with Crippen LogP contribution in [-0.2, 0) is 21.4 Å². The van der Waals surface area contributed by atoms with E-state index in [2.05, 4.69) is 0 Å². The fraction of sp³-hybridized carbons (Fsp3) is 0.280. The maximum absolute atomic E-state index is 14.0. The number of benzene rings is 2. The molecule has 36 heavy (non-hydrogen) atoms. The number of thiazole rings is 1. The summed E-state index contributed by atoms with van der Waals surface area (Å²) < 4.78 is 53.4. The van der Waals surface area contributed by atoms with Crippen molar-refractivity contribution in [2.75, 3.05) is 18.1 Å². The molecule has 0 saturated carbocycles. The third-order valence-electron chi connectivity index (χ3n) is 5.97. The van der Waals surface area contributed by atoms with E-state index in [0.717, 1.165) is 16.8 Å². The lowest BCUT2D eigenvalue weighted by atomic mass is 10.2. The highest BCUT2D eigenvalue weighted by molar-refractivity contribution is 7.89. The summed E-state index contributed by atoms with van der Waals surface area (Å²) in [5.74, 6) is 0.226. The van der Waals surface area contributed by atoms with E-state index in [-0.39, 0.29) is 18.0 Å². The number of sulfonamides is 1. The number of ether oxygens (including phenoxy) is 1. The SMILES string of the molecule is CCOc1cccc2sc(N(Cc3ccco3)C(=O)C3CCCN3S(=O)(=O)c3ccc(F)cc3)nc12. The van der Waals surface area contributed by atoms with Crippen molar-refractivity contribution in [1.82, 2.24) is 9.29 Å². The molecule has 5 rings (SSSR count). The van der Waals surface area contributed by atoms with Gasteiger partial charge in [-0.1, -0.05) is 17.4 Å². The zero-order chi connectivity index (χ0) is 25.3. The Kier molecular flexibility index (Phi) is 6.78. The normalized spacial score (nSPS) is 16.4. The van der Waals surface area contributed by atoms with Gasteiger partial charge in [-0.25, -0.2) is 17.8 Å². The molecule has 188 valence electrons. The Labute approximate surface area is 212 Å². The first-order valence-electron chi connectivity index (χ1n) is 11.5. The molecule has 1 aliphatic rings. The van der Waals surface area contributed by atoms with E-state index in [0.29, 0.717) is 41.6 Å². The maximum atomic E-state index is 14.0. The average molecular weight is 530 g/mol. The van der Waals surface area contributed by atoms with Crippen molar-refractivity contribution in [2.24, 2.45) is 0 Å². The van der Waals surface area contributed by atoms with Gasteiger partial charge in [-0.05, 0) is 68.3 Å². The number of carbonyl (C=O) groups is 1. The van der Waals surface area contributed by atoms with Crippen LogP contribution >= 0.6 is 11.3 Å². The van der Waals surface area contributed by atoms with Gasteiger partial charge in [0, 0.05) is 6.54 Å². The monoisotopic (exact) mass is 529 g/mol. The highest BCUT2D eigenvalue weighted by Gasteiger charge is 2.42. The Morgan fingerprint density at radius 3 is 2.75 bits per heavy atom. The molecule has 0 aliphatic carbocycles. The Morgan fingerprint density at radius 1 is 1.22 bits per heavy atom. The highest BCUT2D eigenvalue weighted by Crippen LogP contribution is 2.36. The van der Waals surface area contributed by atoms with Crippen LogP contribution in [-0.4, -0.2) is 42.8 Å². The molecular weight excluding hydrogens is 505 g/mol. The number of carbonyl (C=O) groups excluding carboxylic acids is 1. The van der Waals surface area contributed by atoms with Crippen molar-refractivity contribution < 1.29 is 26.8 Å². The van der Waals surface area contributed by atoms with Crippen molar-refractivity contribution in [3.63, 3.8) is 0 Å². The number of halogens is 1. The maximum Gasteiger partial charge on any atom is 0.247 e. The van der Waals surface area contributed by atoms with Crippen LogP contribution in [0.4, 0.5) is 9.52 Å². The van der Waals surface area contributed by atoms with Crippen molar-refractivity contribution in [3.05, 3.63) is 72.4 Å². The summed E-state index contributed by atoms with van der Waals surface area (Å²) in [5.41, 5.74) is 0.638. The quantitative estimate of drug-likeness (QED) is 0.325. The summed E-state index contributed by atoms with van der Waals surface area (Å²) in [6.07, 6.45) is 2.41. The fourth-order valence-electron chi connectivity index (χ4n) is 4.29. The van der Waals surface area contributed by atoms with E-state index in [4.69, 9.17) is 14.1 Å². The van der Waals surface area contributed by atoms with Gasteiger partial charge in [0.2, 0.25) is 15.9 Å². The largest absolute Gasteiger partial charge is 0.492 e. The van der Waals surface area contributed by atoms with E-state index in [9.17, 15) is 17.6 Å². The molecule has 3 heterocycles. The number of hydrogen-bond acceptors (Lipinski definition) is 7. The Bertz CT molecular complexity index is 1470. The summed E-state index contributed by atoms with van der Waals surface area (Å²) in [7, 11) is -4.01. The molecule has 11 heteroatoms. The van der Waals surface area contributed by atoms with Crippen LogP contribution in [0, 0.1) is 5.82 Å². The third-order valence-corrected chi connectivity index (χ3v) is 8.94. The number of fused-ring (bicyclic) bond motifs is 1. The third kappa shape index (κ3) is 4.61. The highest BCUT2D eigenvalue weighted by atomic mass is 32.2. The van der Waals surface area contributed by atoms with Crippen LogP contribution < -0.4 is 9.64 Å². The molecule has 0 radical (unpaired) electrons. The minimum Gasteiger partial charge on any atom is -0.492 e. The van der Waals surface area contributed by atoms with Gasteiger partial charge in [0.25, 0.3) is 0 Å². The first-order valence-corrected chi connectivity index (χ1v) is 13.8. The number of anilines is 1. The molecule has 0 spiro atoms. The average Bonchev–Trinajstić information content (AvgIpc) is 3.64. The van der Waals surface area contributed by atoms with Crippen molar-refractivity contribution in [3.8, 4) is 5.75 Å². The molecule has 4 aromatic rings. The number of amides is 1. The smallest absolute Gasteiger partial charge is 0.247 e. The van der Waals surface area contributed by atoms with E-state index in [1.807, 2.05) is 25.1 Å². The number of furan rings is 1. The first-order chi connectivity index (χ1) is 17.4. The summed E-state index contributed by atoms with van der Waals surface area (Å²) in [6.45, 7) is 2.64. The molecule has 1 unspecified atom stereocenters. The molecule has 1 amide bonds. The van der Waals surface area contributed by atoms with Gasteiger partial charge in [-0.2, -0.15) is 4.31 Å². The molecule has 1 fully saturated rings. The van der Waals surface area contributed by atoms with Crippen LogP contribution in [0.2, 0.25) is 0 Å². The molecule has 0 N–H and O–H groups in total. The van der Waals surface area contributed by atoms with Gasteiger partial charge < -0.3 is 9.15 Å². The molecule has 0 bridgehead atoms. The van der Waals surface area contributed by atoms with Crippen LogP contribution in [0.5, 0.6) is 5.75 Å². The van der Waals surface area contributed by atoms with Gasteiger partial charge in [0.15, 0.2) is 5.13 Å². The number of nitrogens with zero attached hydrogens (tertiary/aromatic N) is 3. The van der Waals surface area contributed by atoms with Gasteiger partial charge in [-0.15, -0.1) is 0 Å². The topological polar surface area (TPSA) is 93.0 Å². The molecule has 8 nitrogen and oxygen atoms in total. The Morgan fingerprint density at radius 2 is 2.03 bits per heavy atom. The molecule has 2 aromatic carbocycles. The van der Waals surface area contributed by atoms with Crippen molar-refractivity contribution >= 4 is 42.6 Å². The minimum absolute atomic E-state index is 0.0532. The fourth-order valence-corrected chi connectivity index (χ4v) is 6.93. The first kappa shape index (κ1) is 24.4. The van der Waals surface area contributed by atoms with Gasteiger partial charge in [-0.3, -0.25) is 9.69 Å². The Balaban J connectivity index is 1.52. The zero-order valence-corrected chi connectivity index (χ0v) is 21.1. The standard InChI is InChI=1S/C25H24FN3O5S2/c1-2-33-21-8-3-9-22-23(21)27-25(35-22)28(16-18-6-5-15-34-18)24(30)20-7-4-14-29(20)36(31,32)19-12-10-17(26)11-13-19/h3,5-6,8-13,15,20H,2,4,7,14,16H2,1H3. The van der Waals surface area contributed by atoms with E-state index in [1.165, 1.54) is 38.9 Å². The zero-order valence-electron chi connectivity index (χ0n) is 19.5. The summed E-state index contributed by atoms with van der Waals surface area (Å²) in [4.78, 5) is 20.1. The number of para-hydroxylation sites is 1. The molecule has 1 saturated heterocycles. The molecule has 1 atom stereocenters. The predicted octanol–water partition coefficient (Wildman–Crippen LogP) is 4.81. The lowest BCUT2D eigenvalue weighted by Gasteiger charge is -2.28. The van der Waals surface area contributed by atoms with E-state index >= 15 is 0 Å². The Hall–Kier alpha value is -3.28. The van der Waals surface area contributed by atoms with Crippen LogP contribution in [0.3, 0.4) is 0 Å². The van der Waals surface area contributed by atoms with Crippen molar-refractivity contribution in [1.29, 1.82) is 0 Å². The second kappa shape index (κ2) is 10.00. The number of aromatic nitrogens is 1. The lowest BCUT2D eigenvalue weighted by molar-refractivity contribution is -0.121. The molecule has 2 aromatic heterocycles. The van der Waals surface area contributed by atoms with Gasteiger partial charge in [0.1, 0.15) is 28.9 Å². The van der Waals surface area contributed by atoms with Gasteiger partial charge >= 0.3 is 0 Å². The molecule has 1 aliphatic heterocycles. The van der Waals surface area contributed by atoms with Crippen LogP contribution in [0.1, 0.15) is 25.5 Å². The minimum atomic E-state index is -4.01. The van der Waals surface area contributed by atoms with E-state index in [1.54, 1.807) is 12.1 Å². The molecular formula is C25H24FN3O5S2. The van der Waals surface area contributed by atoms with Crippen molar-refractivity contribution in [2.45, 2.75) is 37.2 Å². The van der Waals surface area contributed by atoms with Crippen LogP contribution in [0.15, 0.2) is 70.2 Å². The summed E-state index contributed by atoms with van der Waals surface area (Å²) in [5, 5.41) is 0.421. The van der Waals surface area contributed by atoms with E-state index < -0.39 is 27.8 Å². The number of rotatable bonds is 8. The summed E-state index contributed by atoms with van der Waals surface area (Å²) >= 11 is 1.32. The van der Waals surface area contributed by atoms with Crippen LogP contribution in [0.25, 0.3) is 10.2 Å². The summed E-state index contributed by atoms with van der Waals surface area (Å²) in [6, 6.07) is 12.8.